The Balaban J connectivity index is 1.97. The Hall–Kier alpha value is -0.383. The van der Waals surface area contributed by atoms with Crippen LogP contribution in [0, 0.1) is 29.6 Å². The van der Waals surface area contributed by atoms with Crippen molar-refractivity contribution < 1.29 is 0 Å². The maximum atomic E-state index is 3.57. The third-order valence-corrected chi connectivity index (χ3v) is 12.4. The van der Waals surface area contributed by atoms with Crippen LogP contribution in [-0.4, -0.2) is 39.0 Å². The van der Waals surface area contributed by atoms with Gasteiger partial charge in [0.25, 0.3) is 0 Å². The zero-order valence-corrected chi connectivity index (χ0v) is 20.0. The number of piperazine rings is 1. The van der Waals surface area contributed by atoms with Crippen molar-refractivity contribution in [1.29, 1.82) is 0 Å². The van der Waals surface area contributed by atoms with Crippen LogP contribution in [0.5, 0.6) is 0 Å². The first kappa shape index (κ1) is 21.3. The highest BCUT2D eigenvalue weighted by Gasteiger charge is 2.52. The lowest BCUT2D eigenvalue weighted by molar-refractivity contribution is 0.338. The average Bonchev–Trinajstić information content (AvgIpc) is 3.01. The minimum absolute atomic E-state index is 0.648. The van der Waals surface area contributed by atoms with Crippen molar-refractivity contribution in [3.63, 3.8) is 0 Å². The summed E-state index contributed by atoms with van der Waals surface area (Å²) in [4.78, 5) is 0. The molecule has 1 N–H and O–H groups in total. The standard InChI is InChI=1S/C24H44N2Si/c1-8-9-19-16-23(27(6,7)26-12-10-25-11-13-26)22-15-20(17(2)3)14-21(18(4)5)24(19)22/h14-15,17-19,22-25H,8-13,16H2,1-7H3. The van der Waals surface area contributed by atoms with Crippen molar-refractivity contribution in [2.24, 2.45) is 29.6 Å². The van der Waals surface area contributed by atoms with Gasteiger partial charge in [0.15, 0.2) is 0 Å². The van der Waals surface area contributed by atoms with Crippen LogP contribution in [0.4, 0.5) is 0 Å². The van der Waals surface area contributed by atoms with Gasteiger partial charge in [-0.3, -0.25) is 0 Å². The monoisotopic (exact) mass is 388 g/mol. The van der Waals surface area contributed by atoms with E-state index in [-0.39, 0.29) is 0 Å². The van der Waals surface area contributed by atoms with E-state index in [2.05, 4.69) is 69.7 Å². The van der Waals surface area contributed by atoms with Gasteiger partial charge in [-0.15, -0.1) is 0 Å². The molecule has 3 heteroatoms. The first-order chi connectivity index (χ1) is 12.8. The van der Waals surface area contributed by atoms with E-state index in [1.807, 2.05) is 0 Å². The lowest BCUT2D eigenvalue weighted by atomic mass is 9.72. The van der Waals surface area contributed by atoms with Gasteiger partial charge in [-0.25, -0.2) is 0 Å². The molecule has 0 aromatic carbocycles. The van der Waals surface area contributed by atoms with E-state index >= 15 is 0 Å². The number of hydrogen-bond donors (Lipinski definition) is 1. The summed E-state index contributed by atoms with van der Waals surface area (Å²) in [7, 11) is -1.46. The van der Waals surface area contributed by atoms with Crippen molar-refractivity contribution >= 4 is 8.24 Å². The quantitative estimate of drug-likeness (QED) is 0.587. The van der Waals surface area contributed by atoms with Crippen LogP contribution in [0.1, 0.15) is 53.9 Å². The molecule has 4 atom stereocenters. The van der Waals surface area contributed by atoms with E-state index in [0.29, 0.717) is 11.8 Å². The number of nitrogens with one attached hydrogen (secondary N) is 1. The fourth-order valence-corrected chi connectivity index (χ4v) is 10.3. The third-order valence-electron chi connectivity index (χ3n) is 7.88. The van der Waals surface area contributed by atoms with E-state index in [1.54, 1.807) is 11.1 Å². The summed E-state index contributed by atoms with van der Waals surface area (Å²) in [6, 6.07) is 0. The Kier molecular flexibility index (Phi) is 6.75. The molecule has 2 aliphatic carbocycles. The number of rotatable bonds is 6. The molecule has 0 spiro atoms. The summed E-state index contributed by atoms with van der Waals surface area (Å²) < 4.78 is 2.93. The zero-order chi connectivity index (χ0) is 19.8. The normalized spacial score (nSPS) is 32.6. The molecule has 0 amide bonds. The van der Waals surface area contributed by atoms with Crippen molar-refractivity contribution in [2.75, 3.05) is 26.2 Å². The second kappa shape index (κ2) is 8.55. The maximum absolute atomic E-state index is 3.57. The van der Waals surface area contributed by atoms with Crippen LogP contribution >= 0.6 is 0 Å². The zero-order valence-electron chi connectivity index (χ0n) is 19.0. The molecular weight excluding hydrogens is 344 g/mol. The third kappa shape index (κ3) is 4.16. The molecule has 0 aromatic heterocycles. The first-order valence-electron chi connectivity index (χ1n) is 11.7. The number of fused-ring (bicyclic) bond motifs is 1. The van der Waals surface area contributed by atoms with Gasteiger partial charge in [-0.2, -0.15) is 0 Å². The molecule has 0 radical (unpaired) electrons. The van der Waals surface area contributed by atoms with Gasteiger partial charge in [0.1, 0.15) is 8.24 Å². The van der Waals surface area contributed by atoms with Gasteiger partial charge in [0.05, 0.1) is 0 Å². The highest BCUT2D eigenvalue weighted by molar-refractivity contribution is 6.76. The Morgan fingerprint density at radius 3 is 2.33 bits per heavy atom. The van der Waals surface area contributed by atoms with Crippen molar-refractivity contribution in [3.05, 3.63) is 23.3 Å². The molecule has 0 aromatic rings. The Bertz CT molecular complexity index is 569. The van der Waals surface area contributed by atoms with Crippen molar-refractivity contribution in [2.45, 2.75) is 72.5 Å². The largest absolute Gasteiger partial charge is 0.321 e. The minimum atomic E-state index is -1.46. The molecule has 3 aliphatic rings. The lowest BCUT2D eigenvalue weighted by Crippen LogP contribution is -2.59. The second-order valence-corrected chi connectivity index (χ2v) is 15.2. The first-order valence-corrected chi connectivity index (χ1v) is 14.7. The summed E-state index contributed by atoms with van der Waals surface area (Å²) in [6.07, 6.45) is 9.58. The van der Waals surface area contributed by atoms with E-state index in [9.17, 15) is 0 Å². The molecule has 2 nitrogen and oxygen atoms in total. The van der Waals surface area contributed by atoms with E-state index in [0.717, 1.165) is 23.3 Å². The van der Waals surface area contributed by atoms with E-state index < -0.39 is 8.24 Å². The Morgan fingerprint density at radius 2 is 1.78 bits per heavy atom. The predicted molar refractivity (Wildman–Crippen MR) is 122 cm³/mol. The van der Waals surface area contributed by atoms with E-state index in [1.165, 1.54) is 45.4 Å². The maximum Gasteiger partial charge on any atom is 0.126 e. The fraction of sp³-hybridized carbons (Fsp3) is 0.833. The highest BCUT2D eigenvalue weighted by atomic mass is 28.3. The molecule has 1 aliphatic heterocycles. The topological polar surface area (TPSA) is 15.3 Å². The number of allylic oxidation sites excluding steroid dienone is 4. The molecule has 0 bridgehead atoms. The molecule has 2 fully saturated rings. The van der Waals surface area contributed by atoms with Gasteiger partial charge in [-0.1, -0.05) is 78.3 Å². The Morgan fingerprint density at radius 1 is 1.11 bits per heavy atom. The number of nitrogens with zero attached hydrogens (tertiary/aromatic N) is 1. The van der Waals surface area contributed by atoms with Crippen LogP contribution in [0.2, 0.25) is 18.6 Å². The molecule has 154 valence electrons. The minimum Gasteiger partial charge on any atom is -0.321 e. The summed E-state index contributed by atoms with van der Waals surface area (Å²) in [5.41, 5.74) is 4.30. The van der Waals surface area contributed by atoms with Gasteiger partial charge in [0, 0.05) is 26.2 Å². The summed E-state index contributed by atoms with van der Waals surface area (Å²) in [6.45, 7) is 22.3. The Labute approximate surface area is 170 Å². The molecule has 3 rings (SSSR count). The van der Waals surface area contributed by atoms with Crippen LogP contribution in [0.25, 0.3) is 0 Å². The van der Waals surface area contributed by atoms with Crippen LogP contribution < -0.4 is 5.32 Å². The smallest absolute Gasteiger partial charge is 0.126 e. The SMILES string of the molecule is CCCC1CC([Si](C)(C)N2CCNCC2)C2C=C(C(C)C)C=C(C(C)C)C12. The van der Waals surface area contributed by atoms with Gasteiger partial charge in [-0.05, 0) is 47.1 Å². The fourth-order valence-electron chi connectivity index (χ4n) is 6.28. The van der Waals surface area contributed by atoms with Crippen molar-refractivity contribution in [3.8, 4) is 0 Å². The molecule has 4 unspecified atom stereocenters. The summed E-state index contributed by atoms with van der Waals surface area (Å²) in [5.74, 6) is 3.83. The highest BCUT2D eigenvalue weighted by Crippen LogP contribution is 2.58. The molecular formula is C24H44N2Si. The van der Waals surface area contributed by atoms with Crippen LogP contribution in [0.3, 0.4) is 0 Å². The summed E-state index contributed by atoms with van der Waals surface area (Å²) in [5, 5.41) is 3.57. The number of hydrogen-bond acceptors (Lipinski definition) is 2. The lowest BCUT2D eigenvalue weighted by Gasteiger charge is -2.46. The van der Waals surface area contributed by atoms with Gasteiger partial charge < -0.3 is 9.88 Å². The van der Waals surface area contributed by atoms with Crippen molar-refractivity contribution in [1.82, 2.24) is 9.88 Å². The molecule has 1 heterocycles. The molecule has 27 heavy (non-hydrogen) atoms. The van der Waals surface area contributed by atoms with E-state index in [4.69, 9.17) is 0 Å². The molecule has 1 saturated carbocycles. The van der Waals surface area contributed by atoms with Crippen LogP contribution in [-0.2, 0) is 0 Å². The summed E-state index contributed by atoms with van der Waals surface area (Å²) >= 11 is 0. The second-order valence-electron chi connectivity index (χ2n) is 10.5. The van der Waals surface area contributed by atoms with Gasteiger partial charge in [0.2, 0.25) is 0 Å². The predicted octanol–water partition coefficient (Wildman–Crippen LogP) is 5.70. The average molecular weight is 389 g/mol. The van der Waals surface area contributed by atoms with Crippen LogP contribution in [0.15, 0.2) is 23.3 Å². The molecule has 1 saturated heterocycles. The van der Waals surface area contributed by atoms with Gasteiger partial charge >= 0.3 is 0 Å².